The molecule has 0 bridgehead atoms. The Hall–Kier alpha value is -2.71. The molecular weight excluding hydrogens is 302 g/mol. The van der Waals surface area contributed by atoms with E-state index in [1.165, 1.54) is 0 Å². The lowest BCUT2D eigenvalue weighted by atomic mass is 9.93. The first-order valence-electron chi connectivity index (χ1n) is 8.10. The zero-order valence-electron chi connectivity index (χ0n) is 13.5. The third-order valence-corrected chi connectivity index (χ3v) is 4.78. The number of hydrogen-bond donors (Lipinski definition) is 0. The van der Waals surface area contributed by atoms with Crippen LogP contribution in [0.5, 0.6) is 0 Å². The molecule has 2 aromatic rings. The molecule has 0 fully saturated rings. The summed E-state index contributed by atoms with van der Waals surface area (Å²) in [5, 5.41) is 9.03. The maximum atomic E-state index is 12.5. The molecule has 0 N–H and O–H groups in total. The molecule has 1 aliphatic heterocycles. The quantitative estimate of drug-likeness (QED) is 0.852. The maximum Gasteiger partial charge on any atom is 0.237 e. The molecule has 0 radical (unpaired) electrons. The molecule has 2 aliphatic rings. The number of ether oxygens (including phenoxy) is 1. The van der Waals surface area contributed by atoms with Gasteiger partial charge in [-0.15, -0.1) is 0 Å². The monoisotopic (exact) mass is 319 g/mol. The van der Waals surface area contributed by atoms with Crippen LogP contribution in [0.2, 0.25) is 0 Å². The molecule has 1 aromatic carbocycles. The van der Waals surface area contributed by atoms with E-state index in [1.807, 2.05) is 18.2 Å². The van der Waals surface area contributed by atoms with Crippen molar-refractivity contribution in [1.29, 1.82) is 5.26 Å². The number of benzene rings is 1. The van der Waals surface area contributed by atoms with Crippen molar-refractivity contribution in [3.8, 4) is 6.07 Å². The van der Waals surface area contributed by atoms with Crippen LogP contribution < -0.4 is 4.90 Å². The first kappa shape index (κ1) is 14.9. The van der Waals surface area contributed by atoms with Gasteiger partial charge in [0.1, 0.15) is 5.82 Å². The second-order valence-electron chi connectivity index (χ2n) is 6.18. The second-order valence-corrected chi connectivity index (χ2v) is 6.18. The summed E-state index contributed by atoms with van der Waals surface area (Å²) in [5.41, 5.74) is 4.42. The lowest BCUT2D eigenvalue weighted by Crippen LogP contribution is -2.23. The zero-order valence-corrected chi connectivity index (χ0v) is 13.5. The third kappa shape index (κ3) is 2.27. The number of carbonyl (C=O) groups excluding carboxylic acids is 1. The number of nitriles is 1. The largest absolute Gasteiger partial charge is 0.377 e. The zero-order chi connectivity index (χ0) is 16.7. The molecule has 5 nitrogen and oxygen atoms in total. The summed E-state index contributed by atoms with van der Waals surface area (Å²) in [6, 6.07) is 11.4. The third-order valence-electron chi connectivity index (χ3n) is 4.78. The van der Waals surface area contributed by atoms with Gasteiger partial charge in [0.2, 0.25) is 5.91 Å². The van der Waals surface area contributed by atoms with Gasteiger partial charge in [-0.25, -0.2) is 4.98 Å². The molecule has 1 aliphatic carbocycles. The molecule has 5 heteroatoms. The maximum absolute atomic E-state index is 12.5. The number of hydrogen-bond acceptors (Lipinski definition) is 4. The Morgan fingerprint density at radius 3 is 3.00 bits per heavy atom. The molecular formula is C19H17N3O2. The summed E-state index contributed by atoms with van der Waals surface area (Å²) in [7, 11) is 1.72. The molecule has 2 heterocycles. The summed E-state index contributed by atoms with van der Waals surface area (Å²) >= 11 is 0. The highest BCUT2D eigenvalue weighted by molar-refractivity contribution is 6.06. The van der Waals surface area contributed by atoms with Gasteiger partial charge < -0.3 is 4.74 Å². The van der Waals surface area contributed by atoms with Crippen LogP contribution in [-0.2, 0) is 22.4 Å². The molecule has 1 amide bonds. The Morgan fingerprint density at radius 2 is 2.21 bits per heavy atom. The first-order chi connectivity index (χ1) is 11.7. The van der Waals surface area contributed by atoms with Crippen molar-refractivity contribution in [1.82, 2.24) is 4.98 Å². The fraction of sp³-hybridized carbons (Fsp3) is 0.316. The molecule has 120 valence electrons. The van der Waals surface area contributed by atoms with Crippen LogP contribution in [0, 0.1) is 11.3 Å². The number of aromatic nitrogens is 1. The van der Waals surface area contributed by atoms with Crippen molar-refractivity contribution >= 4 is 17.4 Å². The van der Waals surface area contributed by atoms with Crippen molar-refractivity contribution in [3.63, 3.8) is 0 Å². The average molecular weight is 319 g/mol. The number of methoxy groups -OCH3 is 1. The number of nitrogens with zero attached hydrogens (tertiary/aromatic N) is 3. The van der Waals surface area contributed by atoms with Crippen LogP contribution in [0.15, 0.2) is 30.3 Å². The van der Waals surface area contributed by atoms with Gasteiger partial charge in [0, 0.05) is 18.4 Å². The fourth-order valence-corrected chi connectivity index (χ4v) is 3.62. The standard InChI is InChI=1S/C19H17N3O2/c1-24-17-4-2-3-15-14(17)6-8-18(21-15)22-16-7-5-12(11-20)9-13(16)10-19(22)23/h5-9,17H,2-4,10H2,1H3. The fourth-order valence-electron chi connectivity index (χ4n) is 3.62. The van der Waals surface area contributed by atoms with Gasteiger partial charge in [0.25, 0.3) is 0 Å². The number of carbonyl (C=O) groups is 1. The molecule has 0 spiro atoms. The van der Waals surface area contributed by atoms with Crippen molar-refractivity contribution in [2.45, 2.75) is 31.8 Å². The highest BCUT2D eigenvalue weighted by atomic mass is 16.5. The van der Waals surface area contributed by atoms with Gasteiger partial charge in [-0.2, -0.15) is 5.26 Å². The Balaban J connectivity index is 1.75. The van der Waals surface area contributed by atoms with E-state index >= 15 is 0 Å². The predicted octanol–water partition coefficient (Wildman–Crippen LogP) is 3.20. The normalized spacial score (nSPS) is 18.9. The number of pyridine rings is 1. The summed E-state index contributed by atoms with van der Waals surface area (Å²) in [6.45, 7) is 0. The van der Waals surface area contributed by atoms with E-state index in [0.717, 1.165) is 41.8 Å². The van der Waals surface area contributed by atoms with Crippen LogP contribution in [0.3, 0.4) is 0 Å². The highest BCUT2D eigenvalue weighted by Crippen LogP contribution is 2.37. The summed E-state index contributed by atoms with van der Waals surface area (Å²) in [5.74, 6) is 0.644. The molecule has 1 atom stereocenters. The number of rotatable bonds is 2. The van der Waals surface area contributed by atoms with Crippen molar-refractivity contribution in [3.05, 3.63) is 52.7 Å². The predicted molar refractivity (Wildman–Crippen MR) is 88.9 cm³/mol. The molecule has 1 unspecified atom stereocenters. The molecule has 24 heavy (non-hydrogen) atoms. The van der Waals surface area contributed by atoms with E-state index in [9.17, 15) is 4.79 Å². The topological polar surface area (TPSA) is 66.2 Å². The average Bonchev–Trinajstić information content (AvgIpc) is 2.95. The number of anilines is 2. The molecule has 4 rings (SSSR count). The highest BCUT2D eigenvalue weighted by Gasteiger charge is 2.31. The SMILES string of the molecule is COC1CCCc2nc(N3C(=O)Cc4cc(C#N)ccc43)ccc21. The van der Waals surface area contributed by atoms with Crippen LogP contribution in [0.1, 0.15) is 41.3 Å². The van der Waals surface area contributed by atoms with Gasteiger partial charge in [-0.1, -0.05) is 6.07 Å². The van der Waals surface area contributed by atoms with Crippen LogP contribution in [-0.4, -0.2) is 18.0 Å². The van der Waals surface area contributed by atoms with Gasteiger partial charge in [-0.3, -0.25) is 9.69 Å². The van der Waals surface area contributed by atoms with E-state index in [-0.39, 0.29) is 12.0 Å². The summed E-state index contributed by atoms with van der Waals surface area (Å²) in [4.78, 5) is 18.9. The van der Waals surface area contributed by atoms with Gasteiger partial charge in [0.05, 0.1) is 29.8 Å². The Morgan fingerprint density at radius 1 is 1.33 bits per heavy atom. The van der Waals surface area contributed by atoms with Crippen molar-refractivity contribution < 1.29 is 9.53 Å². The minimum atomic E-state index is -0.00774. The van der Waals surface area contributed by atoms with E-state index < -0.39 is 0 Å². The molecule has 0 saturated carbocycles. The first-order valence-corrected chi connectivity index (χ1v) is 8.10. The van der Waals surface area contributed by atoms with Crippen LogP contribution >= 0.6 is 0 Å². The van der Waals surface area contributed by atoms with Crippen LogP contribution in [0.4, 0.5) is 11.5 Å². The smallest absolute Gasteiger partial charge is 0.237 e. The summed E-state index contributed by atoms with van der Waals surface area (Å²) in [6.07, 6.45) is 3.36. The Labute approximate surface area is 140 Å². The number of amides is 1. The van der Waals surface area contributed by atoms with E-state index in [4.69, 9.17) is 15.0 Å². The Kier molecular flexibility index (Phi) is 3.55. The number of fused-ring (bicyclic) bond motifs is 2. The van der Waals surface area contributed by atoms with Gasteiger partial charge in [0.15, 0.2) is 0 Å². The molecule has 0 saturated heterocycles. The van der Waals surface area contributed by atoms with Gasteiger partial charge in [-0.05, 0) is 49.1 Å². The lowest BCUT2D eigenvalue weighted by Gasteiger charge is -2.25. The minimum Gasteiger partial charge on any atom is -0.377 e. The van der Waals surface area contributed by atoms with Gasteiger partial charge >= 0.3 is 0 Å². The minimum absolute atomic E-state index is 0.00774. The Bertz CT molecular complexity index is 869. The second kappa shape index (κ2) is 5.73. The number of aryl methyl sites for hydroxylation is 1. The van der Waals surface area contributed by atoms with Crippen molar-refractivity contribution in [2.24, 2.45) is 0 Å². The summed E-state index contributed by atoms with van der Waals surface area (Å²) < 4.78 is 5.53. The molecule has 1 aromatic heterocycles. The van der Waals surface area contributed by atoms with Crippen LogP contribution in [0.25, 0.3) is 0 Å². The van der Waals surface area contributed by atoms with E-state index in [2.05, 4.69) is 6.07 Å². The lowest BCUT2D eigenvalue weighted by molar-refractivity contribution is -0.116. The van der Waals surface area contributed by atoms with E-state index in [0.29, 0.717) is 17.8 Å². The van der Waals surface area contributed by atoms with E-state index in [1.54, 1.807) is 24.1 Å². The van der Waals surface area contributed by atoms with Crippen molar-refractivity contribution in [2.75, 3.05) is 12.0 Å².